The third-order valence-electron chi connectivity index (χ3n) is 3.41. The zero-order chi connectivity index (χ0) is 14.8. The van der Waals surface area contributed by atoms with Crippen molar-refractivity contribution >= 4 is 17.5 Å². The lowest BCUT2D eigenvalue weighted by atomic mass is 10.0. The highest BCUT2D eigenvalue weighted by molar-refractivity contribution is 5.86. The molecule has 1 heterocycles. The smallest absolute Gasteiger partial charge is 0.354 e. The summed E-state index contributed by atoms with van der Waals surface area (Å²) < 4.78 is 0. The lowest BCUT2D eigenvalue weighted by Crippen LogP contribution is -2.34. The summed E-state index contributed by atoms with van der Waals surface area (Å²) in [6, 6.07) is 2.17. The molecule has 0 amide bonds. The Hall–Kier alpha value is -2.22. The van der Waals surface area contributed by atoms with Crippen LogP contribution in [0.4, 0.5) is 11.5 Å². The number of rotatable bonds is 5. The van der Waals surface area contributed by atoms with E-state index in [1.165, 1.54) is 0 Å². The number of carbonyl (C=O) groups is 1. The van der Waals surface area contributed by atoms with Crippen LogP contribution in [0.3, 0.4) is 0 Å². The number of aromatic nitrogens is 1. The Labute approximate surface area is 114 Å². The molecular weight excluding hydrogens is 266 g/mol. The first kappa shape index (κ1) is 14.2. The van der Waals surface area contributed by atoms with E-state index in [2.05, 4.69) is 10.3 Å². The summed E-state index contributed by atoms with van der Waals surface area (Å²) in [6.07, 6.45) is 3.05. The second kappa shape index (κ2) is 5.41. The Morgan fingerprint density at radius 3 is 2.65 bits per heavy atom. The van der Waals surface area contributed by atoms with Crippen LogP contribution in [0.2, 0.25) is 0 Å². The van der Waals surface area contributed by atoms with Gasteiger partial charge in [0.05, 0.1) is 10.5 Å². The molecule has 1 aliphatic carbocycles. The van der Waals surface area contributed by atoms with Gasteiger partial charge < -0.3 is 15.5 Å². The fourth-order valence-corrected chi connectivity index (χ4v) is 2.31. The molecule has 2 rings (SSSR count). The number of pyridine rings is 1. The van der Waals surface area contributed by atoms with Gasteiger partial charge in [0.1, 0.15) is 0 Å². The first-order valence-electron chi connectivity index (χ1n) is 6.26. The Bertz CT molecular complexity index is 540. The van der Waals surface area contributed by atoms with Gasteiger partial charge in [0.25, 0.3) is 0 Å². The second-order valence-electron chi connectivity index (χ2n) is 4.91. The summed E-state index contributed by atoms with van der Waals surface area (Å²) in [6.45, 7) is 0.115. The number of hydrogen-bond donors (Lipinski definition) is 3. The second-order valence-corrected chi connectivity index (χ2v) is 4.91. The van der Waals surface area contributed by atoms with Gasteiger partial charge in [0, 0.05) is 12.6 Å². The lowest BCUT2D eigenvalue weighted by Gasteiger charge is -2.22. The van der Waals surface area contributed by atoms with E-state index in [0.717, 1.165) is 25.0 Å². The van der Waals surface area contributed by atoms with Gasteiger partial charge in [-0.1, -0.05) is 12.8 Å². The minimum absolute atomic E-state index is 0.115. The Morgan fingerprint density at radius 1 is 1.45 bits per heavy atom. The lowest BCUT2D eigenvalue weighted by molar-refractivity contribution is -0.384. The molecule has 0 unspecified atom stereocenters. The largest absolute Gasteiger partial charge is 0.477 e. The average molecular weight is 281 g/mol. The molecule has 1 fully saturated rings. The van der Waals surface area contributed by atoms with Gasteiger partial charge in [-0.25, -0.2) is 9.78 Å². The van der Waals surface area contributed by atoms with Crippen LogP contribution in [0, 0.1) is 10.1 Å². The van der Waals surface area contributed by atoms with E-state index >= 15 is 0 Å². The van der Waals surface area contributed by atoms with Gasteiger partial charge in [0.15, 0.2) is 5.69 Å². The summed E-state index contributed by atoms with van der Waals surface area (Å²) in [5.74, 6) is -1.39. The van der Waals surface area contributed by atoms with Gasteiger partial charge >= 0.3 is 11.7 Å². The van der Waals surface area contributed by atoms with Crippen LogP contribution in [0.5, 0.6) is 0 Å². The molecule has 8 heteroatoms. The molecule has 3 N–H and O–H groups in total. The van der Waals surface area contributed by atoms with E-state index in [1.807, 2.05) is 0 Å². The molecule has 8 nitrogen and oxygen atoms in total. The van der Waals surface area contributed by atoms with Crippen LogP contribution in [0.25, 0.3) is 0 Å². The number of carboxylic acid groups (broad SMARTS) is 1. The molecule has 108 valence electrons. The molecular formula is C12H15N3O5. The molecule has 1 aliphatic rings. The molecule has 0 atom stereocenters. The molecule has 0 saturated heterocycles. The van der Waals surface area contributed by atoms with Crippen molar-refractivity contribution in [2.75, 3.05) is 11.9 Å². The molecule has 1 aromatic rings. The van der Waals surface area contributed by atoms with E-state index in [4.69, 9.17) is 5.11 Å². The summed E-state index contributed by atoms with van der Waals surface area (Å²) in [5.41, 5.74) is -1.50. The normalized spacial score (nSPS) is 16.9. The van der Waals surface area contributed by atoms with E-state index in [-0.39, 0.29) is 23.7 Å². The highest BCUT2D eigenvalue weighted by Crippen LogP contribution is 2.30. The SMILES string of the molecule is O=C(O)c1ccc([N+](=O)[O-])c(NCC2(O)CCCC2)n1. The average Bonchev–Trinajstić information content (AvgIpc) is 2.83. The number of nitrogens with one attached hydrogen (secondary N) is 1. The third kappa shape index (κ3) is 3.02. The van der Waals surface area contributed by atoms with Crippen LogP contribution in [0.15, 0.2) is 12.1 Å². The number of anilines is 1. The van der Waals surface area contributed by atoms with Gasteiger partial charge in [-0.3, -0.25) is 10.1 Å². The molecule has 1 aromatic heterocycles. The van der Waals surface area contributed by atoms with Crippen LogP contribution < -0.4 is 5.32 Å². The maximum Gasteiger partial charge on any atom is 0.354 e. The zero-order valence-electron chi connectivity index (χ0n) is 10.7. The third-order valence-corrected chi connectivity index (χ3v) is 3.41. The molecule has 20 heavy (non-hydrogen) atoms. The topological polar surface area (TPSA) is 126 Å². The summed E-state index contributed by atoms with van der Waals surface area (Å²) in [5, 5.41) is 32.6. The van der Waals surface area contributed by atoms with Crippen LogP contribution >= 0.6 is 0 Å². The standard InChI is InChI=1S/C12H15N3O5/c16-11(17)8-3-4-9(15(19)20)10(14-8)13-7-12(18)5-1-2-6-12/h3-4,18H,1-2,5-7H2,(H,13,14)(H,16,17). The van der Waals surface area contributed by atoms with E-state index in [1.54, 1.807) is 0 Å². The number of aliphatic hydroxyl groups is 1. The number of nitro groups is 1. The van der Waals surface area contributed by atoms with E-state index in [9.17, 15) is 20.0 Å². The summed E-state index contributed by atoms with van der Waals surface area (Å²) in [4.78, 5) is 24.8. The molecule has 0 aliphatic heterocycles. The Morgan fingerprint density at radius 2 is 2.10 bits per heavy atom. The first-order chi connectivity index (χ1) is 9.41. The first-order valence-corrected chi connectivity index (χ1v) is 6.26. The van der Waals surface area contributed by atoms with Crippen LogP contribution in [-0.4, -0.2) is 38.2 Å². The molecule has 1 saturated carbocycles. The molecule has 0 radical (unpaired) electrons. The summed E-state index contributed by atoms with van der Waals surface area (Å²) >= 11 is 0. The maximum atomic E-state index is 10.9. The quantitative estimate of drug-likeness (QED) is 0.550. The van der Waals surface area contributed by atoms with Crippen LogP contribution in [0.1, 0.15) is 36.2 Å². The summed E-state index contributed by atoms with van der Waals surface area (Å²) in [7, 11) is 0. The Balaban J connectivity index is 2.21. The highest BCUT2D eigenvalue weighted by atomic mass is 16.6. The highest BCUT2D eigenvalue weighted by Gasteiger charge is 2.31. The molecule has 0 spiro atoms. The predicted octanol–water partition coefficient (Wildman–Crippen LogP) is 1.40. The Kier molecular flexibility index (Phi) is 3.84. The van der Waals surface area contributed by atoms with Crippen molar-refractivity contribution < 1.29 is 19.9 Å². The van der Waals surface area contributed by atoms with E-state index in [0.29, 0.717) is 12.8 Å². The molecule has 0 bridgehead atoms. The van der Waals surface area contributed by atoms with Crippen molar-refractivity contribution in [3.63, 3.8) is 0 Å². The van der Waals surface area contributed by atoms with Crippen molar-refractivity contribution in [3.05, 3.63) is 27.9 Å². The van der Waals surface area contributed by atoms with Crippen molar-refractivity contribution in [1.29, 1.82) is 0 Å². The number of carboxylic acids is 1. The fourth-order valence-electron chi connectivity index (χ4n) is 2.31. The van der Waals surface area contributed by atoms with Gasteiger partial charge in [-0.05, 0) is 18.9 Å². The zero-order valence-corrected chi connectivity index (χ0v) is 10.7. The monoisotopic (exact) mass is 281 g/mol. The van der Waals surface area contributed by atoms with Crippen molar-refractivity contribution in [1.82, 2.24) is 4.98 Å². The van der Waals surface area contributed by atoms with Crippen molar-refractivity contribution in [2.45, 2.75) is 31.3 Å². The predicted molar refractivity (Wildman–Crippen MR) is 69.8 cm³/mol. The minimum Gasteiger partial charge on any atom is -0.477 e. The minimum atomic E-state index is -1.26. The molecule has 0 aromatic carbocycles. The van der Waals surface area contributed by atoms with E-state index < -0.39 is 16.5 Å². The maximum absolute atomic E-state index is 10.9. The van der Waals surface area contributed by atoms with Crippen molar-refractivity contribution in [2.24, 2.45) is 0 Å². The number of hydrogen-bond acceptors (Lipinski definition) is 6. The van der Waals surface area contributed by atoms with Gasteiger partial charge in [-0.15, -0.1) is 0 Å². The fraction of sp³-hybridized carbons (Fsp3) is 0.500. The van der Waals surface area contributed by atoms with Gasteiger partial charge in [0.2, 0.25) is 5.82 Å². The van der Waals surface area contributed by atoms with Crippen molar-refractivity contribution in [3.8, 4) is 0 Å². The van der Waals surface area contributed by atoms with Crippen LogP contribution in [-0.2, 0) is 0 Å². The number of aromatic carboxylic acids is 1. The van der Waals surface area contributed by atoms with Gasteiger partial charge in [-0.2, -0.15) is 0 Å². The number of nitrogens with zero attached hydrogens (tertiary/aromatic N) is 2.